The standard InChI is InChI=1S/C19H23NO2/c1-3-4-8-14-22-18-13-9-12-17(15(18)2)19(21)20-16-10-6-5-7-11-16/h5-7,9-13H,3-4,8,14H2,1-2H3,(H,20,21). The van der Waals surface area contributed by atoms with Crippen molar-refractivity contribution in [2.75, 3.05) is 11.9 Å². The number of benzene rings is 2. The fourth-order valence-corrected chi connectivity index (χ4v) is 2.27. The van der Waals surface area contributed by atoms with Crippen LogP contribution in [0.5, 0.6) is 5.75 Å². The Morgan fingerprint density at radius 3 is 2.55 bits per heavy atom. The van der Waals surface area contributed by atoms with Crippen LogP contribution in [0.4, 0.5) is 5.69 Å². The van der Waals surface area contributed by atoms with E-state index in [0.717, 1.165) is 29.8 Å². The zero-order valence-corrected chi connectivity index (χ0v) is 13.3. The number of ether oxygens (including phenoxy) is 1. The summed E-state index contributed by atoms with van der Waals surface area (Å²) in [6.07, 6.45) is 3.37. The van der Waals surface area contributed by atoms with Gasteiger partial charge < -0.3 is 10.1 Å². The highest BCUT2D eigenvalue weighted by molar-refractivity contribution is 6.05. The molecule has 1 amide bonds. The largest absolute Gasteiger partial charge is 0.493 e. The molecule has 0 saturated heterocycles. The summed E-state index contributed by atoms with van der Waals surface area (Å²) < 4.78 is 5.80. The first-order valence-corrected chi connectivity index (χ1v) is 7.81. The van der Waals surface area contributed by atoms with Gasteiger partial charge in [0.15, 0.2) is 0 Å². The molecule has 3 nitrogen and oxygen atoms in total. The number of carbonyl (C=O) groups is 1. The predicted molar refractivity (Wildman–Crippen MR) is 90.6 cm³/mol. The van der Waals surface area contributed by atoms with E-state index in [1.165, 1.54) is 6.42 Å². The van der Waals surface area contributed by atoms with Gasteiger partial charge in [-0.15, -0.1) is 0 Å². The van der Waals surface area contributed by atoms with Crippen molar-refractivity contribution in [1.82, 2.24) is 0 Å². The monoisotopic (exact) mass is 297 g/mol. The van der Waals surface area contributed by atoms with E-state index in [9.17, 15) is 4.79 Å². The Kier molecular flexibility index (Phi) is 6.01. The number of hydrogen-bond donors (Lipinski definition) is 1. The molecule has 0 bridgehead atoms. The molecular formula is C19H23NO2. The van der Waals surface area contributed by atoms with Gasteiger partial charge in [-0.1, -0.05) is 44.0 Å². The average Bonchev–Trinajstić information content (AvgIpc) is 2.54. The first kappa shape index (κ1) is 16.1. The average molecular weight is 297 g/mol. The van der Waals surface area contributed by atoms with Gasteiger partial charge in [0.2, 0.25) is 0 Å². The molecule has 3 heteroatoms. The topological polar surface area (TPSA) is 38.3 Å². The number of rotatable bonds is 7. The van der Waals surface area contributed by atoms with Gasteiger partial charge in [-0.05, 0) is 37.6 Å². The number of anilines is 1. The predicted octanol–water partition coefficient (Wildman–Crippen LogP) is 4.82. The van der Waals surface area contributed by atoms with Gasteiger partial charge in [0, 0.05) is 16.8 Å². The van der Waals surface area contributed by atoms with Crippen LogP contribution in [0.2, 0.25) is 0 Å². The van der Waals surface area contributed by atoms with Crippen LogP contribution >= 0.6 is 0 Å². The van der Waals surface area contributed by atoms with Gasteiger partial charge in [0.25, 0.3) is 5.91 Å². The SMILES string of the molecule is CCCCCOc1cccc(C(=O)Nc2ccccc2)c1C. The molecule has 0 fully saturated rings. The van der Waals surface area contributed by atoms with Crippen molar-refractivity contribution >= 4 is 11.6 Å². The summed E-state index contributed by atoms with van der Waals surface area (Å²) in [5.74, 6) is 0.680. The van der Waals surface area contributed by atoms with E-state index in [2.05, 4.69) is 12.2 Å². The molecule has 0 heterocycles. The summed E-state index contributed by atoms with van der Waals surface area (Å²) in [4.78, 5) is 12.4. The molecule has 0 unspecified atom stereocenters. The lowest BCUT2D eigenvalue weighted by Crippen LogP contribution is -2.14. The highest BCUT2D eigenvalue weighted by Gasteiger charge is 2.12. The molecule has 1 N–H and O–H groups in total. The maximum absolute atomic E-state index is 12.4. The molecule has 2 aromatic carbocycles. The molecule has 0 atom stereocenters. The molecule has 0 aromatic heterocycles. The second kappa shape index (κ2) is 8.23. The van der Waals surface area contributed by atoms with E-state index in [4.69, 9.17) is 4.74 Å². The van der Waals surface area contributed by atoms with Crippen molar-refractivity contribution in [3.8, 4) is 5.75 Å². The third kappa shape index (κ3) is 4.35. The molecule has 0 aliphatic carbocycles. The number of para-hydroxylation sites is 1. The van der Waals surface area contributed by atoms with Crippen LogP contribution in [0.1, 0.15) is 42.1 Å². The molecule has 0 radical (unpaired) electrons. The van der Waals surface area contributed by atoms with E-state index in [1.54, 1.807) is 0 Å². The van der Waals surface area contributed by atoms with Gasteiger partial charge in [-0.3, -0.25) is 4.79 Å². The zero-order chi connectivity index (χ0) is 15.8. The van der Waals surface area contributed by atoms with Gasteiger partial charge in [-0.25, -0.2) is 0 Å². The van der Waals surface area contributed by atoms with Crippen molar-refractivity contribution in [2.24, 2.45) is 0 Å². The number of unbranched alkanes of at least 4 members (excludes halogenated alkanes) is 2. The van der Waals surface area contributed by atoms with E-state index in [0.29, 0.717) is 12.2 Å². The Hall–Kier alpha value is -2.29. The van der Waals surface area contributed by atoms with Gasteiger partial charge in [-0.2, -0.15) is 0 Å². The van der Waals surface area contributed by atoms with E-state index in [-0.39, 0.29) is 5.91 Å². The smallest absolute Gasteiger partial charge is 0.256 e. The summed E-state index contributed by atoms with van der Waals surface area (Å²) in [6, 6.07) is 15.1. The molecule has 116 valence electrons. The summed E-state index contributed by atoms with van der Waals surface area (Å²) >= 11 is 0. The van der Waals surface area contributed by atoms with Crippen molar-refractivity contribution in [3.63, 3.8) is 0 Å². The van der Waals surface area contributed by atoms with Gasteiger partial charge in [0.05, 0.1) is 6.61 Å². The van der Waals surface area contributed by atoms with E-state index >= 15 is 0 Å². The molecule has 0 spiro atoms. The number of hydrogen-bond acceptors (Lipinski definition) is 2. The summed E-state index contributed by atoms with van der Waals surface area (Å²) in [6.45, 7) is 4.79. The lowest BCUT2D eigenvalue weighted by Gasteiger charge is -2.13. The Morgan fingerprint density at radius 2 is 1.82 bits per heavy atom. The third-order valence-corrected chi connectivity index (χ3v) is 3.57. The third-order valence-electron chi connectivity index (χ3n) is 3.57. The van der Waals surface area contributed by atoms with Crippen LogP contribution in [0.25, 0.3) is 0 Å². The molecule has 0 aliphatic heterocycles. The van der Waals surface area contributed by atoms with Crippen LogP contribution in [0, 0.1) is 6.92 Å². The Bertz CT molecular complexity index is 608. The minimum Gasteiger partial charge on any atom is -0.493 e. The Balaban J connectivity index is 2.06. The maximum Gasteiger partial charge on any atom is 0.256 e. The molecule has 2 aromatic rings. The normalized spacial score (nSPS) is 10.3. The van der Waals surface area contributed by atoms with Crippen molar-refractivity contribution < 1.29 is 9.53 Å². The minimum atomic E-state index is -0.109. The lowest BCUT2D eigenvalue weighted by atomic mass is 10.1. The van der Waals surface area contributed by atoms with Crippen LogP contribution in [0.3, 0.4) is 0 Å². The van der Waals surface area contributed by atoms with Crippen LogP contribution in [0.15, 0.2) is 48.5 Å². The van der Waals surface area contributed by atoms with Crippen molar-refractivity contribution in [2.45, 2.75) is 33.1 Å². The molecule has 2 rings (SSSR count). The van der Waals surface area contributed by atoms with Gasteiger partial charge >= 0.3 is 0 Å². The Morgan fingerprint density at radius 1 is 1.05 bits per heavy atom. The summed E-state index contributed by atoms with van der Waals surface area (Å²) in [5, 5.41) is 2.91. The van der Waals surface area contributed by atoms with Gasteiger partial charge in [0.1, 0.15) is 5.75 Å². The molecule has 22 heavy (non-hydrogen) atoms. The van der Waals surface area contributed by atoms with E-state index in [1.807, 2.05) is 55.5 Å². The lowest BCUT2D eigenvalue weighted by molar-refractivity contribution is 0.102. The Labute approximate surface area is 132 Å². The second-order valence-electron chi connectivity index (χ2n) is 5.30. The van der Waals surface area contributed by atoms with Crippen molar-refractivity contribution in [1.29, 1.82) is 0 Å². The zero-order valence-electron chi connectivity index (χ0n) is 13.3. The first-order chi connectivity index (χ1) is 10.7. The fourth-order valence-electron chi connectivity index (χ4n) is 2.27. The minimum absolute atomic E-state index is 0.109. The number of carbonyl (C=O) groups excluding carboxylic acids is 1. The fraction of sp³-hybridized carbons (Fsp3) is 0.316. The quantitative estimate of drug-likeness (QED) is 0.744. The number of amides is 1. The molecular weight excluding hydrogens is 274 g/mol. The van der Waals surface area contributed by atoms with Crippen LogP contribution in [-0.2, 0) is 0 Å². The van der Waals surface area contributed by atoms with Crippen molar-refractivity contribution in [3.05, 3.63) is 59.7 Å². The highest BCUT2D eigenvalue weighted by atomic mass is 16.5. The second-order valence-corrected chi connectivity index (χ2v) is 5.30. The molecule has 0 aliphatic rings. The summed E-state index contributed by atoms with van der Waals surface area (Å²) in [7, 11) is 0. The highest BCUT2D eigenvalue weighted by Crippen LogP contribution is 2.22. The van der Waals surface area contributed by atoms with Crippen LogP contribution in [-0.4, -0.2) is 12.5 Å². The van der Waals surface area contributed by atoms with E-state index < -0.39 is 0 Å². The summed E-state index contributed by atoms with van der Waals surface area (Å²) in [5.41, 5.74) is 2.32. The first-order valence-electron chi connectivity index (χ1n) is 7.81. The number of nitrogens with one attached hydrogen (secondary N) is 1. The van der Waals surface area contributed by atoms with Crippen LogP contribution < -0.4 is 10.1 Å². The molecule has 0 saturated carbocycles. The maximum atomic E-state index is 12.4.